The van der Waals surface area contributed by atoms with Gasteiger partial charge in [0, 0.05) is 59.5 Å². The number of rotatable bonds is 14. The van der Waals surface area contributed by atoms with Gasteiger partial charge in [0.15, 0.2) is 0 Å². The lowest BCUT2D eigenvalue weighted by Crippen LogP contribution is -2.62. The van der Waals surface area contributed by atoms with Gasteiger partial charge in [-0.15, -0.1) is 0 Å². The molecule has 2 saturated heterocycles. The van der Waals surface area contributed by atoms with Crippen molar-refractivity contribution in [2.24, 2.45) is 17.8 Å². The van der Waals surface area contributed by atoms with E-state index in [1.165, 1.54) is 29.2 Å². The number of nitro benzene ring substituents is 2. The number of hydrogen-bond donors (Lipinski definition) is 1. The first-order valence-electron chi connectivity index (χ1n) is 20.0. The van der Waals surface area contributed by atoms with Crippen LogP contribution in [0.15, 0.2) is 96.2 Å². The first-order chi connectivity index (χ1) is 29.2. The van der Waals surface area contributed by atoms with Gasteiger partial charge in [0.1, 0.15) is 24.6 Å². The zero-order valence-electron chi connectivity index (χ0n) is 33.7. The fourth-order valence-corrected chi connectivity index (χ4v) is 8.81. The van der Waals surface area contributed by atoms with Crippen LogP contribution in [0.4, 0.5) is 16.2 Å². The average molecular weight is 835 g/mol. The van der Waals surface area contributed by atoms with Gasteiger partial charge in [0.05, 0.1) is 59.1 Å². The van der Waals surface area contributed by atoms with Crippen molar-refractivity contribution in [2.45, 2.75) is 46.2 Å². The van der Waals surface area contributed by atoms with Crippen molar-refractivity contribution >= 4 is 52.1 Å². The van der Waals surface area contributed by atoms with E-state index in [-0.39, 0.29) is 71.1 Å². The average Bonchev–Trinajstić information content (AvgIpc) is 3.79. The minimum Gasteiger partial charge on any atom is -0.488 e. The molecule has 0 aromatic heterocycles. The molecule has 3 atom stereocenters. The van der Waals surface area contributed by atoms with Gasteiger partial charge in [-0.05, 0) is 41.6 Å². The second-order valence-corrected chi connectivity index (χ2v) is 16.0. The number of alkyl carbamates (subject to hydrolysis) is 1. The van der Waals surface area contributed by atoms with E-state index < -0.39 is 33.8 Å². The van der Waals surface area contributed by atoms with Gasteiger partial charge < -0.3 is 28.9 Å². The van der Waals surface area contributed by atoms with Crippen LogP contribution in [-0.2, 0) is 25.6 Å². The standard InChI is InChI=1S/C44H43N5O12/c1-26(2)37-38-27(3)35(39(46(38)40(37)50)43(53)60-41(51)28-12-16-31(17-13-28)47(55)56)25-59-36-11-7-9-33-30(8-6-10-34(33)36)24-49(21-4-5-22-49)23-20-45-44(54)61-42(52)29-14-18-32(19-15-29)48(57)58/h6-19,26-27,37-38H,4-5,20-25H2,1-3H3/p+1/t27-,37+,38+/m0/s1. The zero-order chi connectivity index (χ0) is 43.6. The summed E-state index contributed by atoms with van der Waals surface area (Å²) in [4.78, 5) is 87.5. The summed E-state index contributed by atoms with van der Waals surface area (Å²) in [5, 5.41) is 26.5. The van der Waals surface area contributed by atoms with Crippen LogP contribution in [0, 0.1) is 38.0 Å². The number of hydrogen-bond acceptors (Lipinski definition) is 12. The second kappa shape index (κ2) is 17.3. The Bertz CT molecular complexity index is 2460. The first-order valence-corrected chi connectivity index (χ1v) is 20.0. The molecule has 0 saturated carbocycles. The molecule has 4 aromatic carbocycles. The van der Waals surface area contributed by atoms with Crippen molar-refractivity contribution in [3.63, 3.8) is 0 Å². The maximum atomic E-state index is 13.8. The number of non-ortho nitro benzene ring substituents is 2. The Kier molecular flexibility index (Phi) is 11.9. The minimum atomic E-state index is -1.01. The molecule has 3 aliphatic heterocycles. The number of β-lactam (4-membered cyclic amide) rings is 1. The number of likely N-dealkylation sites (tertiary alicyclic amines) is 1. The van der Waals surface area contributed by atoms with Gasteiger partial charge in [0.25, 0.3) is 11.4 Å². The van der Waals surface area contributed by atoms with E-state index in [0.29, 0.717) is 28.9 Å². The number of nitrogens with zero attached hydrogens (tertiary/aromatic N) is 4. The van der Waals surface area contributed by atoms with Crippen molar-refractivity contribution in [3.05, 3.63) is 133 Å². The minimum absolute atomic E-state index is 0.00294. The number of carbonyl (C=O) groups excluding carboxylic acids is 5. The molecule has 0 spiro atoms. The molecule has 17 heteroatoms. The maximum Gasteiger partial charge on any atom is 0.415 e. The molecule has 316 valence electrons. The van der Waals surface area contributed by atoms with Gasteiger partial charge in [-0.1, -0.05) is 51.1 Å². The molecule has 4 aromatic rings. The number of carbonyl (C=O) groups is 5. The van der Waals surface area contributed by atoms with Crippen molar-refractivity contribution in [1.82, 2.24) is 10.2 Å². The molecular weight excluding hydrogens is 791 g/mol. The largest absolute Gasteiger partial charge is 0.488 e. The number of nitro groups is 2. The van der Waals surface area contributed by atoms with Gasteiger partial charge >= 0.3 is 24.0 Å². The Labute approximate surface area is 349 Å². The van der Waals surface area contributed by atoms with Crippen LogP contribution >= 0.6 is 0 Å². The normalized spacial score (nSPS) is 19.0. The zero-order valence-corrected chi connectivity index (χ0v) is 33.7. The Hall–Kier alpha value is -7.01. The molecule has 1 N–H and O–H groups in total. The molecule has 0 aliphatic carbocycles. The third-order valence-electron chi connectivity index (χ3n) is 11.9. The van der Waals surface area contributed by atoms with E-state index in [4.69, 9.17) is 14.2 Å². The summed E-state index contributed by atoms with van der Waals surface area (Å²) < 4.78 is 17.4. The summed E-state index contributed by atoms with van der Waals surface area (Å²) in [6.45, 7) is 8.93. The van der Waals surface area contributed by atoms with Gasteiger partial charge in [0.2, 0.25) is 5.91 Å². The molecule has 0 unspecified atom stereocenters. The van der Waals surface area contributed by atoms with E-state index in [0.717, 1.165) is 66.5 Å². The Morgan fingerprint density at radius 2 is 1.38 bits per heavy atom. The molecule has 0 bridgehead atoms. The third kappa shape index (κ3) is 8.54. The number of nitrogens with one attached hydrogen (secondary N) is 1. The molecule has 3 heterocycles. The summed E-state index contributed by atoms with van der Waals surface area (Å²) in [6.07, 6.45) is 1.08. The Balaban J connectivity index is 1.05. The molecule has 7 rings (SSSR count). The van der Waals surface area contributed by atoms with Crippen LogP contribution in [-0.4, -0.2) is 88.0 Å². The highest BCUT2D eigenvalue weighted by atomic mass is 16.6. The lowest BCUT2D eigenvalue weighted by molar-refractivity contribution is -0.928. The molecular formula is C44H44N5O12+. The van der Waals surface area contributed by atoms with E-state index in [1.54, 1.807) is 0 Å². The molecule has 2 amide bonds. The van der Waals surface area contributed by atoms with E-state index in [2.05, 4.69) is 11.4 Å². The quantitative estimate of drug-likeness (QED) is 0.0361. The lowest BCUT2D eigenvalue weighted by Gasteiger charge is -2.47. The van der Waals surface area contributed by atoms with E-state index in [1.807, 2.05) is 51.1 Å². The van der Waals surface area contributed by atoms with Gasteiger partial charge in [-0.2, -0.15) is 0 Å². The fraction of sp³-hybridized carbons (Fsp3) is 0.341. The van der Waals surface area contributed by atoms with Crippen LogP contribution in [0.2, 0.25) is 0 Å². The third-order valence-corrected chi connectivity index (χ3v) is 11.9. The van der Waals surface area contributed by atoms with E-state index in [9.17, 15) is 44.2 Å². The van der Waals surface area contributed by atoms with Crippen LogP contribution in [0.25, 0.3) is 10.8 Å². The predicted molar refractivity (Wildman–Crippen MR) is 218 cm³/mol. The first kappa shape index (κ1) is 42.1. The Morgan fingerprint density at radius 3 is 1.97 bits per heavy atom. The van der Waals surface area contributed by atoms with Crippen LogP contribution in [0.5, 0.6) is 5.75 Å². The van der Waals surface area contributed by atoms with Crippen LogP contribution in [0.3, 0.4) is 0 Å². The topological polar surface area (TPSA) is 215 Å². The van der Waals surface area contributed by atoms with Crippen LogP contribution in [0.1, 0.15) is 59.9 Å². The number of esters is 3. The van der Waals surface area contributed by atoms with Crippen molar-refractivity contribution in [3.8, 4) is 5.75 Å². The van der Waals surface area contributed by atoms with Crippen molar-refractivity contribution in [2.75, 3.05) is 32.8 Å². The maximum absolute atomic E-state index is 13.8. The monoisotopic (exact) mass is 834 g/mol. The number of quaternary nitrogens is 1. The molecule has 3 aliphatic rings. The van der Waals surface area contributed by atoms with E-state index >= 15 is 0 Å². The fourth-order valence-electron chi connectivity index (χ4n) is 8.81. The van der Waals surface area contributed by atoms with Crippen molar-refractivity contribution in [1.29, 1.82) is 0 Å². The molecule has 17 nitrogen and oxygen atoms in total. The highest BCUT2D eigenvalue weighted by Gasteiger charge is 2.59. The lowest BCUT2D eigenvalue weighted by atomic mass is 9.74. The molecule has 61 heavy (non-hydrogen) atoms. The van der Waals surface area contributed by atoms with Gasteiger partial charge in [-0.3, -0.25) is 25.0 Å². The highest BCUT2D eigenvalue weighted by molar-refractivity contribution is 6.06. The smallest absolute Gasteiger partial charge is 0.415 e. The summed E-state index contributed by atoms with van der Waals surface area (Å²) >= 11 is 0. The Morgan fingerprint density at radius 1 is 0.803 bits per heavy atom. The predicted octanol–water partition coefficient (Wildman–Crippen LogP) is 6.48. The SMILES string of the molecule is CC(C)[C@H]1C(=O)N2C(C(=O)OC(=O)c3ccc([N+](=O)[O-])cc3)=C(COc3cccc4c(C[N+]5(CCNC(=O)OC(=O)c6ccc([N+](=O)[O-])cc6)CCCC5)cccc34)[C@H](C)[C@H]12. The van der Waals surface area contributed by atoms with Crippen molar-refractivity contribution < 1.29 is 52.5 Å². The number of fused-ring (bicyclic) bond motifs is 2. The molecule has 0 radical (unpaired) electrons. The summed E-state index contributed by atoms with van der Waals surface area (Å²) in [7, 11) is 0. The summed E-state index contributed by atoms with van der Waals surface area (Å²) in [6, 6.07) is 20.8. The molecule has 2 fully saturated rings. The summed E-state index contributed by atoms with van der Waals surface area (Å²) in [5.41, 5.74) is 1.05. The number of ether oxygens (including phenoxy) is 3. The van der Waals surface area contributed by atoms with Crippen LogP contribution < -0.4 is 10.1 Å². The summed E-state index contributed by atoms with van der Waals surface area (Å²) in [5.74, 6) is -3.27. The second-order valence-electron chi connectivity index (χ2n) is 16.0. The number of amides is 2. The number of benzene rings is 4. The highest BCUT2D eigenvalue weighted by Crippen LogP contribution is 2.49. The van der Waals surface area contributed by atoms with Gasteiger partial charge in [-0.25, -0.2) is 19.2 Å².